The molecule has 1 unspecified atom stereocenters. The Hall–Kier alpha value is -1.80. The van der Waals surface area contributed by atoms with Gasteiger partial charge in [0.2, 0.25) is 0 Å². The van der Waals surface area contributed by atoms with Gasteiger partial charge in [0.15, 0.2) is 11.0 Å². The molecule has 1 heterocycles. The van der Waals surface area contributed by atoms with Gasteiger partial charge in [0.1, 0.15) is 10.5 Å². The Morgan fingerprint density at radius 1 is 1.17 bits per heavy atom. The van der Waals surface area contributed by atoms with Gasteiger partial charge in [0.25, 0.3) is 10.1 Å². The lowest BCUT2D eigenvalue weighted by Gasteiger charge is -2.12. The minimum atomic E-state index is -4.57. The van der Waals surface area contributed by atoms with Crippen molar-refractivity contribution in [2.45, 2.75) is 11.7 Å². The van der Waals surface area contributed by atoms with E-state index < -0.39 is 21.2 Å². The van der Waals surface area contributed by atoms with E-state index in [2.05, 4.69) is 4.98 Å². The fourth-order valence-corrected chi connectivity index (χ4v) is 4.62. The molecule has 1 N–H and O–H groups in total. The van der Waals surface area contributed by atoms with E-state index in [9.17, 15) is 17.8 Å². The summed E-state index contributed by atoms with van der Waals surface area (Å²) in [4.78, 5) is 16.8. The first-order chi connectivity index (χ1) is 11.4. The molecule has 2 aromatic carbocycles. The quantitative estimate of drug-likeness (QED) is 0.681. The van der Waals surface area contributed by atoms with Crippen molar-refractivity contribution in [3.8, 4) is 0 Å². The molecule has 0 radical (unpaired) electrons. The third kappa shape index (κ3) is 3.49. The van der Waals surface area contributed by atoms with Crippen molar-refractivity contribution >= 4 is 49.1 Å². The molecule has 0 aliphatic rings. The highest BCUT2D eigenvalue weighted by atomic mass is 35.5. The molecular formula is C16H12ClNO4S2. The fraction of sp³-hybridized carbons (Fsp3) is 0.125. The molecule has 0 bridgehead atoms. The van der Waals surface area contributed by atoms with E-state index in [1.807, 2.05) is 6.07 Å². The van der Waals surface area contributed by atoms with Gasteiger partial charge in [0.05, 0.1) is 16.1 Å². The Labute approximate surface area is 147 Å². The Kier molecular flexibility index (Phi) is 4.69. The third-order valence-electron chi connectivity index (χ3n) is 3.43. The molecule has 0 spiro atoms. The second-order valence-corrected chi connectivity index (χ2v) is 8.17. The molecule has 124 valence electrons. The first kappa shape index (κ1) is 17.0. The molecule has 8 heteroatoms. The van der Waals surface area contributed by atoms with Crippen LogP contribution in [0.4, 0.5) is 0 Å². The minimum absolute atomic E-state index is 0.199. The molecule has 0 saturated carbocycles. The van der Waals surface area contributed by atoms with Crippen molar-refractivity contribution in [2.75, 3.05) is 0 Å². The summed E-state index contributed by atoms with van der Waals surface area (Å²) in [6, 6.07) is 13.2. The maximum absolute atomic E-state index is 12.5. The molecule has 0 aliphatic heterocycles. The average molecular weight is 382 g/mol. The van der Waals surface area contributed by atoms with Crippen LogP contribution in [-0.4, -0.2) is 23.7 Å². The molecule has 0 fully saturated rings. The molecule has 3 aromatic rings. The predicted molar refractivity (Wildman–Crippen MR) is 94.1 cm³/mol. The monoisotopic (exact) mass is 381 g/mol. The SMILES string of the molecule is O=C(Cc1nc2c(Cl)cccc2s1)C(c1ccccc1)S(=O)(=O)O. The predicted octanol–water partition coefficient (Wildman–Crippen LogP) is 3.69. The van der Waals surface area contributed by atoms with E-state index in [4.69, 9.17) is 11.6 Å². The highest BCUT2D eigenvalue weighted by molar-refractivity contribution is 7.86. The van der Waals surface area contributed by atoms with Crippen molar-refractivity contribution in [1.82, 2.24) is 4.98 Å². The minimum Gasteiger partial charge on any atom is -0.297 e. The topological polar surface area (TPSA) is 84.3 Å². The molecule has 0 saturated heterocycles. The lowest BCUT2D eigenvalue weighted by atomic mass is 10.1. The Morgan fingerprint density at radius 2 is 1.88 bits per heavy atom. The molecular weight excluding hydrogens is 370 g/mol. The second kappa shape index (κ2) is 6.60. The third-order valence-corrected chi connectivity index (χ3v) is 5.89. The molecule has 1 aromatic heterocycles. The van der Waals surface area contributed by atoms with Crippen molar-refractivity contribution < 1.29 is 17.8 Å². The first-order valence-corrected chi connectivity index (χ1v) is 9.64. The zero-order valence-corrected chi connectivity index (χ0v) is 14.6. The number of halogens is 1. The highest BCUT2D eigenvalue weighted by Gasteiger charge is 2.33. The number of hydrogen-bond acceptors (Lipinski definition) is 5. The van der Waals surface area contributed by atoms with E-state index >= 15 is 0 Å². The van der Waals surface area contributed by atoms with Crippen LogP contribution < -0.4 is 0 Å². The zero-order chi connectivity index (χ0) is 17.3. The number of nitrogens with zero attached hydrogens (tertiary/aromatic N) is 1. The van der Waals surface area contributed by atoms with Crippen LogP contribution in [0.5, 0.6) is 0 Å². The van der Waals surface area contributed by atoms with Crippen LogP contribution in [0.15, 0.2) is 48.5 Å². The highest BCUT2D eigenvalue weighted by Crippen LogP contribution is 2.30. The Balaban J connectivity index is 1.95. The van der Waals surface area contributed by atoms with Gasteiger partial charge in [-0.3, -0.25) is 9.35 Å². The summed E-state index contributed by atoms with van der Waals surface area (Å²) < 4.78 is 33.7. The number of carbonyl (C=O) groups is 1. The first-order valence-electron chi connectivity index (χ1n) is 6.94. The summed E-state index contributed by atoms with van der Waals surface area (Å²) >= 11 is 7.33. The maximum Gasteiger partial charge on any atom is 0.279 e. The summed E-state index contributed by atoms with van der Waals surface area (Å²) in [7, 11) is -4.57. The number of benzene rings is 2. The summed E-state index contributed by atoms with van der Waals surface area (Å²) in [6.07, 6.45) is -0.199. The van der Waals surface area contributed by atoms with E-state index in [1.165, 1.54) is 23.5 Å². The van der Waals surface area contributed by atoms with Crippen LogP contribution in [0.3, 0.4) is 0 Å². The maximum atomic E-state index is 12.5. The summed E-state index contributed by atoms with van der Waals surface area (Å²) in [5.41, 5.74) is 0.805. The van der Waals surface area contributed by atoms with Crippen LogP contribution in [0.2, 0.25) is 5.02 Å². The van der Waals surface area contributed by atoms with Crippen LogP contribution in [0, 0.1) is 0 Å². The van der Waals surface area contributed by atoms with Gasteiger partial charge in [-0.2, -0.15) is 8.42 Å². The Bertz CT molecular complexity index is 999. The van der Waals surface area contributed by atoms with Gasteiger partial charge in [-0.15, -0.1) is 11.3 Å². The van der Waals surface area contributed by atoms with E-state index in [1.54, 1.807) is 30.3 Å². The molecule has 1 atom stereocenters. The fourth-order valence-electron chi connectivity index (χ4n) is 2.43. The summed E-state index contributed by atoms with van der Waals surface area (Å²) in [5, 5.41) is -0.703. The summed E-state index contributed by atoms with van der Waals surface area (Å²) in [6.45, 7) is 0. The van der Waals surface area contributed by atoms with E-state index in [-0.39, 0.29) is 12.0 Å². The van der Waals surface area contributed by atoms with Crippen molar-refractivity contribution in [2.24, 2.45) is 0 Å². The zero-order valence-electron chi connectivity index (χ0n) is 12.2. The van der Waals surface area contributed by atoms with Crippen molar-refractivity contribution in [3.05, 3.63) is 64.1 Å². The van der Waals surface area contributed by atoms with Crippen LogP contribution in [0.25, 0.3) is 10.2 Å². The number of para-hydroxylation sites is 1. The average Bonchev–Trinajstić information content (AvgIpc) is 2.91. The normalized spacial score (nSPS) is 13.1. The Morgan fingerprint density at radius 3 is 2.50 bits per heavy atom. The van der Waals surface area contributed by atoms with Gasteiger partial charge in [-0.1, -0.05) is 48.0 Å². The number of ketones is 1. The smallest absolute Gasteiger partial charge is 0.279 e. The largest absolute Gasteiger partial charge is 0.297 e. The number of carbonyl (C=O) groups excluding carboxylic acids is 1. The molecule has 0 amide bonds. The van der Waals surface area contributed by atoms with Crippen molar-refractivity contribution in [1.29, 1.82) is 0 Å². The van der Waals surface area contributed by atoms with E-state index in [0.717, 1.165) is 4.70 Å². The molecule has 5 nitrogen and oxygen atoms in total. The molecule has 24 heavy (non-hydrogen) atoms. The van der Waals surface area contributed by atoms with Gasteiger partial charge in [-0.05, 0) is 17.7 Å². The van der Waals surface area contributed by atoms with Gasteiger partial charge >= 0.3 is 0 Å². The lowest BCUT2D eigenvalue weighted by Crippen LogP contribution is -2.23. The van der Waals surface area contributed by atoms with Gasteiger partial charge < -0.3 is 0 Å². The second-order valence-electron chi connectivity index (χ2n) is 5.14. The number of hydrogen-bond donors (Lipinski definition) is 1. The lowest BCUT2D eigenvalue weighted by molar-refractivity contribution is -0.118. The van der Waals surface area contributed by atoms with E-state index in [0.29, 0.717) is 15.5 Å². The number of Topliss-reactive ketones (excluding diaryl/α,β-unsaturated/α-hetero) is 1. The van der Waals surface area contributed by atoms with Crippen LogP contribution in [0.1, 0.15) is 15.8 Å². The van der Waals surface area contributed by atoms with Gasteiger partial charge in [0, 0.05) is 0 Å². The molecule has 3 rings (SSSR count). The number of rotatable bonds is 5. The standard InChI is InChI=1S/C16H12ClNO4S2/c17-11-7-4-8-13-15(11)18-14(23-13)9-12(19)16(24(20,21)22)10-5-2-1-3-6-10/h1-8,16H,9H2,(H,20,21,22). The molecule has 0 aliphatic carbocycles. The van der Waals surface area contributed by atoms with Gasteiger partial charge in [-0.25, -0.2) is 4.98 Å². The number of fused-ring (bicyclic) bond motifs is 1. The van der Waals surface area contributed by atoms with Crippen LogP contribution >= 0.6 is 22.9 Å². The van der Waals surface area contributed by atoms with Crippen LogP contribution in [-0.2, 0) is 21.3 Å². The summed E-state index contributed by atoms with van der Waals surface area (Å²) in [5.74, 6) is -0.640. The number of thiazole rings is 1. The van der Waals surface area contributed by atoms with Crippen molar-refractivity contribution in [3.63, 3.8) is 0 Å². The number of aromatic nitrogens is 1.